The van der Waals surface area contributed by atoms with Crippen molar-refractivity contribution in [2.24, 2.45) is 0 Å². The van der Waals surface area contributed by atoms with E-state index in [4.69, 9.17) is 24.4 Å². The average molecular weight is 693 g/mol. The van der Waals surface area contributed by atoms with Gasteiger partial charge in [0.05, 0.1) is 22.1 Å². The van der Waals surface area contributed by atoms with Gasteiger partial charge in [0.25, 0.3) is 6.71 Å². The van der Waals surface area contributed by atoms with Crippen molar-refractivity contribution in [3.05, 3.63) is 152 Å². The maximum atomic E-state index is 6.62. The molecule has 0 N–H and O–H groups in total. The highest BCUT2D eigenvalue weighted by molar-refractivity contribution is 7.00. The van der Waals surface area contributed by atoms with Gasteiger partial charge in [0.15, 0.2) is 0 Å². The first kappa shape index (κ1) is 28.2. The van der Waals surface area contributed by atoms with E-state index >= 15 is 0 Å². The molecule has 0 unspecified atom stereocenters. The zero-order chi connectivity index (χ0) is 35.1. The fourth-order valence-corrected chi connectivity index (χ4v) is 9.13. The minimum absolute atomic E-state index is 0.0669. The smallest absolute Gasteiger partial charge is 0.266 e. The first-order valence-corrected chi connectivity index (χ1v) is 18.1. The Kier molecular flexibility index (Phi) is 5.30. The molecule has 3 aliphatic rings. The molecule has 3 aromatic heterocycles. The van der Waals surface area contributed by atoms with Gasteiger partial charge in [-0.1, -0.05) is 91.0 Å². The summed E-state index contributed by atoms with van der Waals surface area (Å²) in [5.74, 6) is 4.79. The quantitative estimate of drug-likeness (QED) is 0.173. The predicted molar refractivity (Wildman–Crippen MR) is 214 cm³/mol. The summed E-state index contributed by atoms with van der Waals surface area (Å²) in [6.07, 6.45) is 0. The number of ether oxygens (including phenoxy) is 2. The molecule has 0 aliphatic carbocycles. The van der Waals surface area contributed by atoms with E-state index < -0.39 is 0 Å². The normalized spacial score (nSPS) is 13.4. The second-order valence-electron chi connectivity index (χ2n) is 14.0. The minimum atomic E-state index is -0.0669. The Morgan fingerprint density at radius 1 is 0.352 bits per heavy atom. The SMILES string of the molecule is c1cc2c3c(c1)Oc1cccc4c1B3c1c(cccc1N4c1nc(-n3c4ccccc4c4ccccc43)nc(-n3c4ccccc4c4ccccc43)n1)O2. The van der Waals surface area contributed by atoms with Crippen LogP contribution in [0, 0.1) is 0 Å². The standard InChI is InChI=1S/C45H25BN6O2/c1-5-16-30-26(12-1)27-13-2-6-17-31(27)50(30)43-47-44(51-32-18-7-3-14-28(32)29-15-4-8-19-33(29)51)49-45(48-43)52-34-20-9-22-36-40(34)46-41-35(52)21-10-23-37(41)54-39-25-11-24-38(53-36)42(39)46/h1-25H. The summed E-state index contributed by atoms with van der Waals surface area (Å²) in [6.45, 7) is -0.0669. The van der Waals surface area contributed by atoms with Crippen molar-refractivity contribution in [3.63, 3.8) is 0 Å². The molecule has 0 bridgehead atoms. The van der Waals surface area contributed by atoms with Gasteiger partial charge < -0.3 is 9.47 Å². The van der Waals surface area contributed by atoms with Crippen molar-refractivity contribution in [1.29, 1.82) is 0 Å². The lowest BCUT2D eigenvalue weighted by Crippen LogP contribution is -2.61. The topological polar surface area (TPSA) is 70.2 Å². The molecule has 0 spiro atoms. The largest absolute Gasteiger partial charge is 0.458 e. The molecule has 13 rings (SSSR count). The van der Waals surface area contributed by atoms with Gasteiger partial charge in [-0.05, 0) is 71.6 Å². The molecule has 250 valence electrons. The van der Waals surface area contributed by atoms with Gasteiger partial charge in [-0.2, -0.15) is 15.0 Å². The van der Waals surface area contributed by atoms with Crippen LogP contribution in [0.15, 0.2) is 152 Å². The third-order valence-corrected chi connectivity index (χ3v) is 11.3. The van der Waals surface area contributed by atoms with E-state index in [-0.39, 0.29) is 6.71 Å². The van der Waals surface area contributed by atoms with Crippen molar-refractivity contribution in [2.75, 3.05) is 4.90 Å². The molecule has 0 saturated heterocycles. The Hall–Kier alpha value is -7.39. The van der Waals surface area contributed by atoms with Gasteiger partial charge in [-0.15, -0.1) is 0 Å². The third-order valence-electron chi connectivity index (χ3n) is 11.3. The molecule has 7 aromatic carbocycles. The number of benzene rings is 7. The van der Waals surface area contributed by atoms with Gasteiger partial charge in [0, 0.05) is 38.4 Å². The number of anilines is 3. The van der Waals surface area contributed by atoms with Crippen LogP contribution in [0.5, 0.6) is 23.0 Å². The third kappa shape index (κ3) is 3.55. The molecule has 8 nitrogen and oxygen atoms in total. The zero-order valence-electron chi connectivity index (χ0n) is 28.5. The molecule has 9 heteroatoms. The first-order valence-electron chi connectivity index (χ1n) is 18.1. The number of rotatable bonds is 3. The number of fused-ring (bicyclic) bond motifs is 6. The molecule has 0 radical (unpaired) electrons. The fourth-order valence-electron chi connectivity index (χ4n) is 9.13. The summed E-state index contributed by atoms with van der Waals surface area (Å²) in [6, 6.07) is 52.3. The molecule has 54 heavy (non-hydrogen) atoms. The highest BCUT2D eigenvalue weighted by atomic mass is 16.5. The van der Waals surface area contributed by atoms with Crippen LogP contribution in [0.2, 0.25) is 0 Å². The van der Waals surface area contributed by atoms with Crippen molar-refractivity contribution < 1.29 is 9.47 Å². The molecular formula is C45H25BN6O2. The van der Waals surface area contributed by atoms with Gasteiger partial charge in [-0.25, -0.2) is 0 Å². The molecule has 3 aliphatic heterocycles. The second kappa shape index (κ2) is 10.1. The predicted octanol–water partition coefficient (Wildman–Crippen LogP) is 8.58. The summed E-state index contributed by atoms with van der Waals surface area (Å²) < 4.78 is 17.6. The van der Waals surface area contributed by atoms with Crippen molar-refractivity contribution >= 4 is 84.0 Å². The van der Waals surface area contributed by atoms with Crippen molar-refractivity contribution in [2.45, 2.75) is 0 Å². The summed E-state index contributed by atoms with van der Waals surface area (Å²) >= 11 is 0. The Morgan fingerprint density at radius 2 is 0.704 bits per heavy atom. The van der Waals surface area contributed by atoms with E-state index in [1.54, 1.807) is 0 Å². The van der Waals surface area contributed by atoms with E-state index in [0.29, 0.717) is 17.8 Å². The van der Waals surface area contributed by atoms with Gasteiger partial charge in [0.1, 0.15) is 23.0 Å². The van der Waals surface area contributed by atoms with Gasteiger partial charge >= 0.3 is 0 Å². The monoisotopic (exact) mass is 692 g/mol. The van der Waals surface area contributed by atoms with Crippen LogP contribution >= 0.6 is 0 Å². The van der Waals surface area contributed by atoms with Crippen LogP contribution < -0.4 is 30.8 Å². The number of nitrogens with zero attached hydrogens (tertiary/aromatic N) is 6. The molecule has 0 fully saturated rings. The molecule has 0 saturated carbocycles. The average Bonchev–Trinajstić information content (AvgIpc) is 3.74. The highest BCUT2D eigenvalue weighted by Gasteiger charge is 2.47. The maximum absolute atomic E-state index is 6.62. The maximum Gasteiger partial charge on any atom is 0.266 e. The molecule has 0 amide bonds. The Balaban J connectivity index is 1.16. The summed E-state index contributed by atoms with van der Waals surface area (Å²) in [7, 11) is 0. The van der Waals surface area contributed by atoms with E-state index in [0.717, 1.165) is 94.4 Å². The number of aromatic nitrogens is 5. The minimum Gasteiger partial charge on any atom is -0.458 e. The van der Waals surface area contributed by atoms with Crippen molar-refractivity contribution in [1.82, 2.24) is 24.1 Å². The summed E-state index contributed by atoms with van der Waals surface area (Å²) in [4.78, 5) is 18.4. The van der Waals surface area contributed by atoms with Gasteiger partial charge in [-0.3, -0.25) is 14.0 Å². The van der Waals surface area contributed by atoms with E-state index in [2.05, 4.69) is 135 Å². The van der Waals surface area contributed by atoms with Crippen LogP contribution in [0.3, 0.4) is 0 Å². The van der Waals surface area contributed by atoms with Gasteiger partial charge in [0.2, 0.25) is 17.8 Å². The van der Waals surface area contributed by atoms with E-state index in [9.17, 15) is 0 Å². The zero-order valence-corrected chi connectivity index (χ0v) is 28.5. The van der Waals surface area contributed by atoms with E-state index in [1.807, 2.05) is 30.3 Å². The lowest BCUT2D eigenvalue weighted by Gasteiger charge is -2.41. The lowest BCUT2D eigenvalue weighted by molar-refractivity contribution is 0.464. The number of hydrogen-bond acceptors (Lipinski definition) is 6. The van der Waals surface area contributed by atoms with Crippen molar-refractivity contribution in [3.8, 4) is 34.9 Å². The van der Waals surface area contributed by atoms with Crippen LogP contribution in [0.25, 0.3) is 55.5 Å². The number of hydrogen-bond donors (Lipinski definition) is 0. The Labute approximate surface area is 308 Å². The summed E-state index contributed by atoms with van der Waals surface area (Å²) in [5.41, 5.74) is 9.16. The van der Waals surface area contributed by atoms with Crippen LogP contribution in [-0.2, 0) is 0 Å². The molecule has 6 heterocycles. The first-order chi connectivity index (χ1) is 26.8. The molecular weight excluding hydrogens is 667 g/mol. The van der Waals surface area contributed by atoms with Crippen LogP contribution in [0.4, 0.5) is 17.3 Å². The fraction of sp³-hybridized carbons (Fsp3) is 0. The molecule has 0 atom stereocenters. The number of para-hydroxylation sites is 4. The lowest BCUT2D eigenvalue weighted by atomic mass is 9.33. The Bertz CT molecular complexity index is 2960. The summed E-state index contributed by atoms with van der Waals surface area (Å²) in [5, 5.41) is 4.53. The second-order valence-corrected chi connectivity index (χ2v) is 14.0. The molecule has 10 aromatic rings. The Morgan fingerprint density at radius 3 is 1.13 bits per heavy atom. The van der Waals surface area contributed by atoms with Crippen LogP contribution in [0.1, 0.15) is 0 Å². The highest BCUT2D eigenvalue weighted by Crippen LogP contribution is 2.45. The van der Waals surface area contributed by atoms with Crippen LogP contribution in [-0.4, -0.2) is 30.8 Å². The van der Waals surface area contributed by atoms with E-state index in [1.165, 1.54) is 0 Å².